The van der Waals surface area contributed by atoms with E-state index in [-0.39, 0.29) is 23.7 Å². The van der Waals surface area contributed by atoms with Crippen molar-refractivity contribution in [3.05, 3.63) is 12.7 Å². The van der Waals surface area contributed by atoms with E-state index < -0.39 is 0 Å². The molecule has 0 aromatic rings. The van der Waals surface area contributed by atoms with Gasteiger partial charge in [-0.3, -0.25) is 9.59 Å². The van der Waals surface area contributed by atoms with Crippen LogP contribution in [-0.2, 0) is 9.59 Å². The summed E-state index contributed by atoms with van der Waals surface area (Å²) in [6.07, 6.45) is 6.34. The van der Waals surface area contributed by atoms with E-state index in [4.69, 9.17) is 0 Å². The summed E-state index contributed by atoms with van der Waals surface area (Å²) in [4.78, 5) is 23.7. The molecule has 88 valence electrons. The van der Waals surface area contributed by atoms with Crippen molar-refractivity contribution in [1.82, 2.24) is 5.32 Å². The second-order valence-electron chi connectivity index (χ2n) is 4.93. The molecule has 16 heavy (non-hydrogen) atoms. The Morgan fingerprint density at radius 1 is 1.38 bits per heavy atom. The summed E-state index contributed by atoms with van der Waals surface area (Å²) in [7, 11) is 0. The largest absolute Gasteiger partial charge is 0.352 e. The molecule has 0 aliphatic heterocycles. The van der Waals surface area contributed by atoms with E-state index in [1.165, 1.54) is 0 Å². The number of carbonyl (C=O) groups excluding carboxylic acids is 2. The zero-order chi connectivity index (χ0) is 11.5. The fourth-order valence-corrected chi connectivity index (χ4v) is 3.01. The molecule has 2 bridgehead atoms. The van der Waals surface area contributed by atoms with E-state index in [2.05, 4.69) is 11.9 Å². The molecule has 0 heterocycles. The summed E-state index contributed by atoms with van der Waals surface area (Å²) in [5.74, 6) is 0.884. The maximum absolute atomic E-state index is 11.8. The van der Waals surface area contributed by atoms with Crippen LogP contribution in [-0.4, -0.2) is 18.2 Å². The van der Waals surface area contributed by atoms with E-state index >= 15 is 0 Å². The van der Waals surface area contributed by atoms with Crippen LogP contribution in [0.3, 0.4) is 0 Å². The minimum Gasteiger partial charge on any atom is -0.352 e. The molecule has 1 N–H and O–H groups in total. The van der Waals surface area contributed by atoms with Crippen molar-refractivity contribution in [3.8, 4) is 0 Å². The molecule has 0 aromatic heterocycles. The molecule has 2 saturated carbocycles. The van der Waals surface area contributed by atoms with Gasteiger partial charge in [0.25, 0.3) is 0 Å². The van der Waals surface area contributed by atoms with Crippen molar-refractivity contribution < 1.29 is 9.59 Å². The Bertz CT molecular complexity index is 295. The Balaban J connectivity index is 1.96. The first-order valence-corrected chi connectivity index (χ1v) is 6.14. The first-order valence-electron chi connectivity index (χ1n) is 6.14. The lowest BCUT2D eigenvalue weighted by Gasteiger charge is -2.36. The van der Waals surface area contributed by atoms with Crippen LogP contribution in [0.15, 0.2) is 12.7 Å². The van der Waals surface area contributed by atoms with Crippen LogP contribution in [0, 0.1) is 17.8 Å². The van der Waals surface area contributed by atoms with E-state index in [0.717, 1.165) is 32.1 Å². The van der Waals surface area contributed by atoms with Gasteiger partial charge in [0.15, 0.2) is 0 Å². The maximum atomic E-state index is 11.8. The van der Waals surface area contributed by atoms with Gasteiger partial charge < -0.3 is 5.32 Å². The monoisotopic (exact) mass is 221 g/mol. The van der Waals surface area contributed by atoms with Crippen LogP contribution in [0.25, 0.3) is 0 Å². The average molecular weight is 221 g/mol. The molecular weight excluding hydrogens is 202 g/mol. The minimum atomic E-state index is 0.0490. The van der Waals surface area contributed by atoms with Gasteiger partial charge in [0, 0.05) is 24.3 Å². The number of fused-ring (bicyclic) bond motifs is 2. The van der Waals surface area contributed by atoms with Gasteiger partial charge in [-0.1, -0.05) is 12.5 Å². The van der Waals surface area contributed by atoms with Gasteiger partial charge in [-0.05, 0) is 25.7 Å². The van der Waals surface area contributed by atoms with Gasteiger partial charge in [0.1, 0.15) is 5.78 Å². The number of nitrogens with one attached hydrogen (secondary N) is 1. The van der Waals surface area contributed by atoms with Crippen molar-refractivity contribution in [1.29, 1.82) is 0 Å². The Hall–Kier alpha value is -1.12. The van der Waals surface area contributed by atoms with Crippen LogP contribution in [0.2, 0.25) is 0 Å². The standard InChI is InChI=1S/C13H19NO2/c1-2-6-14-13(16)11-7-9-4-3-5-10(8-11)12(9)15/h2,9-11H,1,3-8H2,(H,14,16). The third-order valence-electron chi connectivity index (χ3n) is 3.84. The van der Waals surface area contributed by atoms with Crippen molar-refractivity contribution in [2.24, 2.45) is 17.8 Å². The lowest BCUT2D eigenvalue weighted by atomic mass is 9.67. The predicted octanol–water partition coefficient (Wildman–Crippen LogP) is 1.68. The molecule has 2 atom stereocenters. The number of hydrogen-bond donors (Lipinski definition) is 1. The highest BCUT2D eigenvalue weighted by molar-refractivity contribution is 5.88. The molecule has 2 rings (SSSR count). The third-order valence-corrected chi connectivity index (χ3v) is 3.84. The number of ketones is 1. The minimum absolute atomic E-state index is 0.0490. The summed E-state index contributed by atoms with van der Waals surface area (Å²) in [5.41, 5.74) is 0. The summed E-state index contributed by atoms with van der Waals surface area (Å²) >= 11 is 0. The molecule has 3 nitrogen and oxygen atoms in total. The van der Waals surface area contributed by atoms with Gasteiger partial charge in [0.05, 0.1) is 0 Å². The van der Waals surface area contributed by atoms with Gasteiger partial charge in [-0.2, -0.15) is 0 Å². The summed E-state index contributed by atoms with van der Waals surface area (Å²) in [6, 6.07) is 0. The highest BCUT2D eigenvalue weighted by atomic mass is 16.2. The van der Waals surface area contributed by atoms with Crippen LogP contribution >= 0.6 is 0 Å². The Labute approximate surface area is 96.3 Å². The molecule has 1 amide bonds. The fourth-order valence-electron chi connectivity index (χ4n) is 3.01. The first kappa shape index (κ1) is 11.4. The highest BCUT2D eigenvalue weighted by Gasteiger charge is 2.40. The quantitative estimate of drug-likeness (QED) is 0.737. The maximum Gasteiger partial charge on any atom is 0.223 e. The summed E-state index contributed by atoms with van der Waals surface area (Å²) in [5, 5.41) is 2.84. The van der Waals surface area contributed by atoms with Gasteiger partial charge in [0.2, 0.25) is 5.91 Å². The number of hydrogen-bond acceptors (Lipinski definition) is 2. The molecular formula is C13H19NO2. The predicted molar refractivity (Wildman–Crippen MR) is 61.8 cm³/mol. The molecule has 0 radical (unpaired) electrons. The van der Waals surface area contributed by atoms with E-state index in [0.29, 0.717) is 12.3 Å². The molecule has 0 aromatic carbocycles. The number of rotatable bonds is 3. The zero-order valence-electron chi connectivity index (χ0n) is 9.58. The van der Waals surface area contributed by atoms with Crippen molar-refractivity contribution >= 4 is 11.7 Å². The van der Waals surface area contributed by atoms with Gasteiger partial charge >= 0.3 is 0 Å². The van der Waals surface area contributed by atoms with Crippen molar-refractivity contribution in [3.63, 3.8) is 0 Å². The van der Waals surface area contributed by atoms with Crippen LogP contribution in [0.1, 0.15) is 32.1 Å². The molecule has 3 heteroatoms. The van der Waals surface area contributed by atoms with Gasteiger partial charge in [-0.25, -0.2) is 0 Å². The fraction of sp³-hybridized carbons (Fsp3) is 0.692. The Morgan fingerprint density at radius 3 is 2.56 bits per heavy atom. The Kier molecular flexibility index (Phi) is 3.42. The zero-order valence-corrected chi connectivity index (χ0v) is 9.58. The van der Waals surface area contributed by atoms with E-state index in [9.17, 15) is 9.59 Å². The highest BCUT2D eigenvalue weighted by Crippen LogP contribution is 2.39. The second kappa shape index (κ2) is 4.81. The smallest absolute Gasteiger partial charge is 0.223 e. The lowest BCUT2D eigenvalue weighted by Crippen LogP contribution is -2.42. The van der Waals surface area contributed by atoms with Crippen LogP contribution in [0.5, 0.6) is 0 Å². The molecule has 2 unspecified atom stereocenters. The normalized spacial score (nSPS) is 33.2. The first-order chi connectivity index (χ1) is 7.72. The van der Waals surface area contributed by atoms with Gasteiger partial charge in [-0.15, -0.1) is 6.58 Å². The molecule has 0 saturated heterocycles. The third kappa shape index (κ3) is 2.18. The second-order valence-corrected chi connectivity index (χ2v) is 4.93. The topological polar surface area (TPSA) is 46.2 Å². The summed E-state index contributed by atoms with van der Waals surface area (Å²) in [6.45, 7) is 4.10. The average Bonchev–Trinajstić information content (AvgIpc) is 2.25. The molecule has 0 spiro atoms. The molecule has 2 aliphatic rings. The summed E-state index contributed by atoms with van der Waals surface area (Å²) < 4.78 is 0. The lowest BCUT2D eigenvalue weighted by molar-refractivity contribution is -0.137. The molecule has 2 aliphatic carbocycles. The Morgan fingerprint density at radius 2 is 2.00 bits per heavy atom. The van der Waals surface area contributed by atoms with Crippen LogP contribution in [0.4, 0.5) is 0 Å². The van der Waals surface area contributed by atoms with Crippen LogP contribution < -0.4 is 5.32 Å². The number of carbonyl (C=O) groups is 2. The van der Waals surface area contributed by atoms with Crippen molar-refractivity contribution in [2.75, 3.05) is 6.54 Å². The molecule has 2 fully saturated rings. The SMILES string of the molecule is C=CCNC(=O)C1CC2CCCC(C1)C2=O. The number of Topliss-reactive ketones (excluding diaryl/α,β-unsaturated/α-hetero) is 1. The van der Waals surface area contributed by atoms with Crippen molar-refractivity contribution in [2.45, 2.75) is 32.1 Å². The van der Waals surface area contributed by atoms with E-state index in [1.54, 1.807) is 6.08 Å². The number of amides is 1. The van der Waals surface area contributed by atoms with E-state index in [1.807, 2.05) is 0 Å².